The summed E-state index contributed by atoms with van der Waals surface area (Å²) in [5.74, 6) is -0.967. The molecular weight excluding hydrogens is 309 g/mol. The molecule has 0 radical (unpaired) electrons. The molecule has 1 fully saturated rings. The molecule has 23 heavy (non-hydrogen) atoms. The van der Waals surface area contributed by atoms with E-state index in [2.05, 4.69) is 10.5 Å². The number of hydrogen-bond acceptors (Lipinski definition) is 3. The Labute approximate surface area is 132 Å². The summed E-state index contributed by atoms with van der Waals surface area (Å²) in [6, 6.07) is -0.444. The van der Waals surface area contributed by atoms with Gasteiger partial charge in [-0.2, -0.15) is 13.2 Å². The fourth-order valence-electron chi connectivity index (χ4n) is 3.61. The molecule has 0 spiro atoms. The summed E-state index contributed by atoms with van der Waals surface area (Å²) in [4.78, 5) is 12.4. The molecule has 2 aliphatic rings. The van der Waals surface area contributed by atoms with Gasteiger partial charge in [0.25, 0.3) is 5.91 Å². The first kappa shape index (κ1) is 16.3. The summed E-state index contributed by atoms with van der Waals surface area (Å²) < 4.78 is 43.8. The van der Waals surface area contributed by atoms with Gasteiger partial charge in [0.05, 0.1) is 5.92 Å². The molecule has 7 heteroatoms. The van der Waals surface area contributed by atoms with Crippen LogP contribution in [-0.2, 0) is 12.8 Å². The summed E-state index contributed by atoms with van der Waals surface area (Å²) in [5.41, 5.74) is 1.10. The lowest BCUT2D eigenvalue weighted by Gasteiger charge is -2.30. The van der Waals surface area contributed by atoms with Gasteiger partial charge in [0.15, 0.2) is 5.69 Å². The molecule has 0 aliphatic heterocycles. The number of alkyl halides is 3. The maximum atomic E-state index is 12.9. The summed E-state index contributed by atoms with van der Waals surface area (Å²) in [5, 5.41) is 6.60. The molecule has 2 unspecified atom stereocenters. The van der Waals surface area contributed by atoms with Gasteiger partial charge in [-0.1, -0.05) is 18.0 Å². The number of amides is 1. The Hall–Kier alpha value is -1.53. The number of fused-ring (bicyclic) bond motifs is 1. The van der Waals surface area contributed by atoms with Crippen LogP contribution >= 0.6 is 0 Å². The van der Waals surface area contributed by atoms with E-state index in [0.717, 1.165) is 43.4 Å². The minimum Gasteiger partial charge on any atom is -0.360 e. The van der Waals surface area contributed by atoms with Gasteiger partial charge in [0.2, 0.25) is 0 Å². The Kier molecular flexibility index (Phi) is 4.64. The highest BCUT2D eigenvalue weighted by molar-refractivity contribution is 5.94. The van der Waals surface area contributed by atoms with Crippen LogP contribution in [0.25, 0.3) is 0 Å². The Morgan fingerprint density at radius 1 is 1.13 bits per heavy atom. The van der Waals surface area contributed by atoms with Gasteiger partial charge in [0, 0.05) is 18.0 Å². The number of carbonyl (C=O) groups is 1. The van der Waals surface area contributed by atoms with Gasteiger partial charge >= 0.3 is 6.18 Å². The largest absolute Gasteiger partial charge is 0.391 e. The fraction of sp³-hybridized carbons (Fsp3) is 0.750. The van der Waals surface area contributed by atoms with Crippen LogP contribution in [0.5, 0.6) is 0 Å². The average molecular weight is 330 g/mol. The first-order chi connectivity index (χ1) is 10.9. The topological polar surface area (TPSA) is 55.1 Å². The molecule has 0 bridgehead atoms. The Morgan fingerprint density at radius 3 is 2.70 bits per heavy atom. The van der Waals surface area contributed by atoms with Crippen molar-refractivity contribution in [1.29, 1.82) is 0 Å². The number of carbonyl (C=O) groups excluding carboxylic acids is 1. The highest BCUT2D eigenvalue weighted by Crippen LogP contribution is 2.37. The molecule has 1 aromatic rings. The van der Waals surface area contributed by atoms with Gasteiger partial charge < -0.3 is 9.84 Å². The van der Waals surface area contributed by atoms with Crippen molar-refractivity contribution in [2.75, 3.05) is 0 Å². The second-order valence-electron chi connectivity index (χ2n) is 6.57. The van der Waals surface area contributed by atoms with E-state index in [1.54, 1.807) is 0 Å². The first-order valence-corrected chi connectivity index (χ1v) is 8.30. The van der Waals surface area contributed by atoms with Gasteiger partial charge in [-0.3, -0.25) is 4.79 Å². The molecule has 1 heterocycles. The van der Waals surface area contributed by atoms with Crippen molar-refractivity contribution >= 4 is 5.91 Å². The van der Waals surface area contributed by atoms with Gasteiger partial charge in [-0.15, -0.1) is 0 Å². The van der Waals surface area contributed by atoms with Crippen molar-refractivity contribution in [3.8, 4) is 0 Å². The van der Waals surface area contributed by atoms with Crippen LogP contribution in [0.3, 0.4) is 0 Å². The van der Waals surface area contributed by atoms with Crippen molar-refractivity contribution < 1.29 is 22.5 Å². The molecule has 2 aliphatic carbocycles. The van der Waals surface area contributed by atoms with Crippen molar-refractivity contribution in [2.24, 2.45) is 5.92 Å². The van der Waals surface area contributed by atoms with Crippen LogP contribution in [0.2, 0.25) is 0 Å². The standard InChI is InChI=1S/C16H21F3N2O2/c17-16(18,19)10-5-4-6-11(9-10)20-15(22)14-12-7-2-1-3-8-13(12)23-21-14/h10-11H,1-9H2,(H,20,22). The van der Waals surface area contributed by atoms with Crippen LogP contribution in [0.4, 0.5) is 13.2 Å². The van der Waals surface area contributed by atoms with Crippen LogP contribution in [-0.4, -0.2) is 23.3 Å². The molecule has 128 valence electrons. The van der Waals surface area contributed by atoms with E-state index in [1.807, 2.05) is 0 Å². The van der Waals surface area contributed by atoms with Gasteiger partial charge in [-0.05, 0) is 38.5 Å². The summed E-state index contributed by atoms with van der Waals surface area (Å²) in [6.45, 7) is 0. The lowest BCUT2D eigenvalue weighted by molar-refractivity contribution is -0.183. The first-order valence-electron chi connectivity index (χ1n) is 8.30. The molecule has 3 rings (SSSR count). The zero-order valence-electron chi connectivity index (χ0n) is 12.9. The number of hydrogen-bond donors (Lipinski definition) is 1. The average Bonchev–Trinajstić information content (AvgIpc) is 2.76. The fourth-order valence-corrected chi connectivity index (χ4v) is 3.61. The molecule has 1 N–H and O–H groups in total. The number of halogens is 3. The number of nitrogens with zero attached hydrogens (tertiary/aromatic N) is 1. The van der Waals surface area contributed by atoms with Crippen molar-refractivity contribution in [3.05, 3.63) is 17.0 Å². The Balaban J connectivity index is 1.66. The summed E-state index contributed by atoms with van der Waals surface area (Å²) in [6.07, 6.45) is 1.57. The van der Waals surface area contributed by atoms with Gasteiger partial charge in [-0.25, -0.2) is 0 Å². The molecular formula is C16H21F3N2O2. The van der Waals surface area contributed by atoms with E-state index in [4.69, 9.17) is 4.52 Å². The van der Waals surface area contributed by atoms with E-state index in [0.29, 0.717) is 12.8 Å². The van der Waals surface area contributed by atoms with Gasteiger partial charge in [0.1, 0.15) is 5.76 Å². The Morgan fingerprint density at radius 2 is 1.91 bits per heavy atom. The molecule has 2 atom stereocenters. The van der Waals surface area contributed by atoms with Crippen LogP contribution in [0, 0.1) is 5.92 Å². The number of aromatic nitrogens is 1. The van der Waals surface area contributed by atoms with E-state index in [9.17, 15) is 18.0 Å². The molecule has 4 nitrogen and oxygen atoms in total. The Bertz CT molecular complexity index is 568. The normalized spacial score (nSPS) is 25.5. The second kappa shape index (κ2) is 6.53. The van der Waals surface area contributed by atoms with E-state index < -0.39 is 24.0 Å². The lowest BCUT2D eigenvalue weighted by atomic mass is 9.85. The smallest absolute Gasteiger partial charge is 0.360 e. The van der Waals surface area contributed by atoms with Crippen molar-refractivity contribution in [2.45, 2.75) is 70.0 Å². The second-order valence-corrected chi connectivity index (χ2v) is 6.57. The molecule has 1 amide bonds. The highest BCUT2D eigenvalue weighted by atomic mass is 19.4. The van der Waals surface area contributed by atoms with Crippen LogP contribution in [0.15, 0.2) is 4.52 Å². The summed E-state index contributed by atoms with van der Waals surface area (Å²) >= 11 is 0. The van der Waals surface area contributed by atoms with Crippen molar-refractivity contribution in [1.82, 2.24) is 10.5 Å². The minimum absolute atomic E-state index is 0.0463. The number of nitrogens with one attached hydrogen (secondary N) is 1. The monoisotopic (exact) mass is 330 g/mol. The van der Waals surface area contributed by atoms with Crippen molar-refractivity contribution in [3.63, 3.8) is 0 Å². The number of aryl methyl sites for hydroxylation is 1. The summed E-state index contributed by atoms with van der Waals surface area (Å²) in [7, 11) is 0. The predicted molar refractivity (Wildman–Crippen MR) is 77.0 cm³/mol. The third-order valence-corrected chi connectivity index (χ3v) is 4.89. The predicted octanol–water partition coefficient (Wildman–Crippen LogP) is 3.79. The molecule has 1 aromatic heterocycles. The zero-order chi connectivity index (χ0) is 16.4. The third kappa shape index (κ3) is 3.70. The third-order valence-electron chi connectivity index (χ3n) is 4.89. The SMILES string of the molecule is O=C(NC1CCCC(C(F)(F)F)C1)c1noc2c1CCCCC2. The lowest BCUT2D eigenvalue weighted by Crippen LogP contribution is -2.41. The number of rotatable bonds is 2. The molecule has 0 aromatic carbocycles. The maximum Gasteiger partial charge on any atom is 0.391 e. The van der Waals surface area contributed by atoms with Crippen LogP contribution < -0.4 is 5.32 Å². The molecule has 0 saturated heterocycles. The molecule has 1 saturated carbocycles. The quantitative estimate of drug-likeness (QED) is 0.839. The maximum absolute atomic E-state index is 12.9. The van der Waals surface area contributed by atoms with Crippen LogP contribution in [0.1, 0.15) is 66.8 Å². The highest BCUT2D eigenvalue weighted by Gasteiger charge is 2.42. The minimum atomic E-state index is -4.19. The van der Waals surface area contributed by atoms with E-state index >= 15 is 0 Å². The van der Waals surface area contributed by atoms with E-state index in [-0.39, 0.29) is 18.5 Å². The van der Waals surface area contributed by atoms with E-state index in [1.165, 1.54) is 0 Å². The zero-order valence-corrected chi connectivity index (χ0v) is 12.9.